The molecule has 0 aliphatic heterocycles. The van der Waals surface area contributed by atoms with Crippen LogP contribution in [0.4, 0.5) is 9.18 Å². The zero-order valence-corrected chi connectivity index (χ0v) is 13.1. The molecule has 1 aliphatic rings. The summed E-state index contributed by atoms with van der Waals surface area (Å²) in [7, 11) is 0. The number of amides is 1. The first-order valence-electron chi connectivity index (χ1n) is 7.85. The van der Waals surface area contributed by atoms with Gasteiger partial charge in [-0.25, -0.2) is 9.18 Å². The minimum atomic E-state index is -0.953. The van der Waals surface area contributed by atoms with E-state index in [1.807, 2.05) is 67.6 Å². The SMILES string of the molecule is C[C@H](c1ccccc1)N(C(=O)OCc1ccccc1)[C@@H]1C[C@@H]1F. The summed E-state index contributed by atoms with van der Waals surface area (Å²) in [4.78, 5) is 14.0. The van der Waals surface area contributed by atoms with Crippen molar-refractivity contribution in [2.75, 3.05) is 0 Å². The van der Waals surface area contributed by atoms with Crippen LogP contribution >= 0.6 is 0 Å². The Hall–Kier alpha value is -2.36. The van der Waals surface area contributed by atoms with Gasteiger partial charge >= 0.3 is 6.09 Å². The maximum atomic E-state index is 13.6. The fourth-order valence-electron chi connectivity index (χ4n) is 2.71. The van der Waals surface area contributed by atoms with Gasteiger partial charge in [0.1, 0.15) is 12.8 Å². The van der Waals surface area contributed by atoms with Crippen LogP contribution in [0.5, 0.6) is 0 Å². The van der Waals surface area contributed by atoms with Crippen LogP contribution in [0.2, 0.25) is 0 Å². The highest BCUT2D eigenvalue weighted by molar-refractivity contribution is 5.69. The van der Waals surface area contributed by atoms with Crippen molar-refractivity contribution in [1.29, 1.82) is 0 Å². The van der Waals surface area contributed by atoms with Crippen molar-refractivity contribution in [2.45, 2.75) is 38.2 Å². The molecule has 0 saturated heterocycles. The summed E-state index contributed by atoms with van der Waals surface area (Å²) in [6.07, 6.45) is -1.03. The highest BCUT2D eigenvalue weighted by Crippen LogP contribution is 2.37. The summed E-state index contributed by atoms with van der Waals surface area (Å²) < 4.78 is 19.0. The molecular formula is C19H20FNO2. The van der Waals surface area contributed by atoms with Crippen molar-refractivity contribution in [3.8, 4) is 0 Å². The standard InChI is InChI=1S/C19H20FNO2/c1-14(16-10-6-3-7-11-16)21(18-12-17(18)20)19(22)23-13-15-8-4-2-5-9-15/h2-11,14,17-18H,12-13H2,1H3/t14-,17+,18-/m1/s1. The predicted molar refractivity (Wildman–Crippen MR) is 86.6 cm³/mol. The minimum Gasteiger partial charge on any atom is -0.445 e. The van der Waals surface area contributed by atoms with Gasteiger partial charge in [0.05, 0.1) is 12.1 Å². The number of alkyl halides is 1. The van der Waals surface area contributed by atoms with Crippen LogP contribution in [0.15, 0.2) is 60.7 Å². The highest BCUT2D eigenvalue weighted by Gasteiger charge is 2.47. The lowest BCUT2D eigenvalue weighted by Gasteiger charge is -2.28. The Morgan fingerprint density at radius 3 is 2.30 bits per heavy atom. The molecule has 0 spiro atoms. The summed E-state index contributed by atoms with van der Waals surface area (Å²) in [6, 6.07) is 18.5. The van der Waals surface area contributed by atoms with E-state index in [0.29, 0.717) is 6.42 Å². The van der Waals surface area contributed by atoms with Crippen molar-refractivity contribution in [2.24, 2.45) is 0 Å². The zero-order valence-electron chi connectivity index (χ0n) is 13.1. The molecule has 23 heavy (non-hydrogen) atoms. The second kappa shape index (κ2) is 6.82. The normalized spacial score (nSPS) is 20.6. The molecule has 2 aromatic rings. The van der Waals surface area contributed by atoms with Crippen molar-refractivity contribution >= 4 is 6.09 Å². The van der Waals surface area contributed by atoms with Gasteiger partial charge in [0.2, 0.25) is 0 Å². The minimum absolute atomic E-state index is 0.196. The number of ether oxygens (including phenoxy) is 1. The molecule has 0 bridgehead atoms. The van der Waals surface area contributed by atoms with Gasteiger partial charge in [-0.3, -0.25) is 4.90 Å². The first kappa shape index (κ1) is 15.5. The predicted octanol–water partition coefficient (Wildman–Crippen LogP) is 4.50. The maximum Gasteiger partial charge on any atom is 0.410 e. The van der Waals surface area contributed by atoms with Crippen LogP contribution in [0.3, 0.4) is 0 Å². The van der Waals surface area contributed by atoms with E-state index in [1.165, 1.54) is 4.90 Å². The summed E-state index contributed by atoms with van der Waals surface area (Å²) in [5.74, 6) is 0. The fourth-order valence-corrected chi connectivity index (χ4v) is 2.71. The van der Waals surface area contributed by atoms with E-state index in [1.54, 1.807) is 0 Å². The monoisotopic (exact) mass is 313 g/mol. The zero-order chi connectivity index (χ0) is 16.2. The van der Waals surface area contributed by atoms with Gasteiger partial charge in [-0.05, 0) is 18.1 Å². The molecule has 2 aromatic carbocycles. The third kappa shape index (κ3) is 3.70. The number of nitrogens with zero attached hydrogens (tertiary/aromatic N) is 1. The molecule has 3 nitrogen and oxygen atoms in total. The lowest BCUT2D eigenvalue weighted by atomic mass is 10.1. The van der Waals surface area contributed by atoms with Crippen LogP contribution in [-0.2, 0) is 11.3 Å². The average molecular weight is 313 g/mol. The Kier molecular flexibility index (Phi) is 4.60. The van der Waals surface area contributed by atoms with Crippen LogP contribution in [0.1, 0.15) is 30.5 Å². The molecule has 0 heterocycles. The lowest BCUT2D eigenvalue weighted by Crippen LogP contribution is -2.37. The van der Waals surface area contributed by atoms with Crippen molar-refractivity contribution < 1.29 is 13.9 Å². The first-order chi connectivity index (χ1) is 11.2. The van der Waals surface area contributed by atoms with E-state index in [-0.39, 0.29) is 18.7 Å². The molecule has 0 N–H and O–H groups in total. The van der Waals surface area contributed by atoms with E-state index in [2.05, 4.69) is 0 Å². The van der Waals surface area contributed by atoms with E-state index < -0.39 is 12.3 Å². The summed E-state index contributed by atoms with van der Waals surface area (Å²) in [5, 5.41) is 0. The lowest BCUT2D eigenvalue weighted by molar-refractivity contribution is 0.0761. The number of benzene rings is 2. The topological polar surface area (TPSA) is 29.5 Å². The molecule has 1 fully saturated rings. The van der Waals surface area contributed by atoms with Gasteiger partial charge < -0.3 is 4.74 Å². The second-order valence-electron chi connectivity index (χ2n) is 5.85. The molecule has 3 atom stereocenters. The van der Waals surface area contributed by atoms with Gasteiger partial charge in [-0.15, -0.1) is 0 Å². The maximum absolute atomic E-state index is 13.6. The third-order valence-electron chi connectivity index (χ3n) is 4.15. The summed E-state index contributed by atoms with van der Waals surface area (Å²) >= 11 is 0. The van der Waals surface area contributed by atoms with Gasteiger partial charge in [-0.1, -0.05) is 60.7 Å². The van der Waals surface area contributed by atoms with Gasteiger partial charge in [0.15, 0.2) is 0 Å². The fraction of sp³-hybridized carbons (Fsp3) is 0.316. The highest BCUT2D eigenvalue weighted by atomic mass is 19.1. The quantitative estimate of drug-likeness (QED) is 0.813. The van der Waals surface area contributed by atoms with E-state index in [0.717, 1.165) is 11.1 Å². The average Bonchev–Trinajstić information content (AvgIpc) is 3.31. The molecule has 1 aliphatic carbocycles. The first-order valence-corrected chi connectivity index (χ1v) is 7.85. The van der Waals surface area contributed by atoms with Crippen LogP contribution < -0.4 is 0 Å². The molecule has 0 radical (unpaired) electrons. The van der Waals surface area contributed by atoms with Gasteiger partial charge in [-0.2, -0.15) is 0 Å². The summed E-state index contributed by atoms with van der Waals surface area (Å²) in [6.45, 7) is 2.10. The molecule has 0 aromatic heterocycles. The van der Waals surface area contributed by atoms with Crippen LogP contribution in [0.25, 0.3) is 0 Å². The number of carbonyl (C=O) groups excluding carboxylic acids is 1. The Morgan fingerprint density at radius 1 is 1.17 bits per heavy atom. The summed E-state index contributed by atoms with van der Waals surface area (Å²) in [5.41, 5.74) is 1.89. The third-order valence-corrected chi connectivity index (χ3v) is 4.15. The van der Waals surface area contributed by atoms with Crippen molar-refractivity contribution in [1.82, 2.24) is 4.90 Å². The van der Waals surface area contributed by atoms with Gasteiger partial charge in [0.25, 0.3) is 0 Å². The number of rotatable bonds is 5. The molecule has 1 amide bonds. The smallest absolute Gasteiger partial charge is 0.410 e. The van der Waals surface area contributed by atoms with E-state index in [4.69, 9.17) is 4.74 Å². The Labute approximate surface area is 135 Å². The second-order valence-corrected chi connectivity index (χ2v) is 5.85. The van der Waals surface area contributed by atoms with Crippen LogP contribution in [-0.4, -0.2) is 23.2 Å². The number of hydrogen-bond donors (Lipinski definition) is 0. The van der Waals surface area contributed by atoms with E-state index in [9.17, 15) is 9.18 Å². The largest absolute Gasteiger partial charge is 0.445 e. The molecule has 3 rings (SSSR count). The Bertz CT molecular complexity index is 647. The van der Waals surface area contributed by atoms with Gasteiger partial charge in [0, 0.05) is 6.42 Å². The molecule has 120 valence electrons. The van der Waals surface area contributed by atoms with Crippen molar-refractivity contribution in [3.63, 3.8) is 0 Å². The Balaban J connectivity index is 1.70. The molecular weight excluding hydrogens is 293 g/mol. The number of hydrogen-bond acceptors (Lipinski definition) is 2. The molecule has 4 heteroatoms. The van der Waals surface area contributed by atoms with Crippen LogP contribution in [0, 0.1) is 0 Å². The number of carbonyl (C=O) groups is 1. The Morgan fingerprint density at radius 2 is 1.74 bits per heavy atom. The van der Waals surface area contributed by atoms with Crippen molar-refractivity contribution in [3.05, 3.63) is 71.8 Å². The number of halogens is 1. The van der Waals surface area contributed by atoms with E-state index >= 15 is 0 Å². The molecule has 0 unspecified atom stereocenters. The molecule has 1 saturated carbocycles.